The van der Waals surface area contributed by atoms with Gasteiger partial charge < -0.3 is 19.2 Å². The van der Waals surface area contributed by atoms with Gasteiger partial charge in [-0.1, -0.05) is 32.0 Å². The molecule has 0 bridgehead atoms. The molecule has 1 heterocycles. The van der Waals surface area contributed by atoms with Gasteiger partial charge in [-0.3, -0.25) is 9.59 Å². The number of hydrogen-bond donors (Lipinski definition) is 1. The second-order valence-electron chi connectivity index (χ2n) is 6.29. The summed E-state index contributed by atoms with van der Waals surface area (Å²) in [6, 6.07) is 10.6. The Labute approximate surface area is 153 Å². The number of aromatic amines is 1. The highest BCUT2D eigenvalue weighted by Crippen LogP contribution is 2.09. The second kappa shape index (κ2) is 10.3. The number of para-hydroxylation sites is 1. The number of aromatic nitrogens is 1. The van der Waals surface area contributed by atoms with Crippen LogP contribution in [0.25, 0.3) is 0 Å². The number of ether oxygens (including phenoxy) is 3. The first-order valence-corrected chi connectivity index (χ1v) is 8.72. The van der Waals surface area contributed by atoms with Crippen molar-refractivity contribution in [1.29, 1.82) is 0 Å². The Morgan fingerprint density at radius 3 is 2.58 bits per heavy atom. The molecule has 0 fully saturated rings. The molecule has 0 unspecified atom stereocenters. The summed E-state index contributed by atoms with van der Waals surface area (Å²) in [6.45, 7) is 4.93. The monoisotopic (exact) mass is 359 g/mol. The van der Waals surface area contributed by atoms with E-state index in [1.165, 1.54) is 12.3 Å². The molecule has 1 N–H and O–H groups in total. The van der Waals surface area contributed by atoms with Crippen LogP contribution in [0.1, 0.15) is 32.4 Å². The molecule has 0 spiro atoms. The average molecular weight is 359 g/mol. The molecule has 2 aromatic rings. The minimum atomic E-state index is -0.390. The van der Waals surface area contributed by atoms with Crippen LogP contribution >= 0.6 is 0 Å². The van der Waals surface area contributed by atoms with Crippen LogP contribution in [0.4, 0.5) is 0 Å². The Morgan fingerprint density at radius 2 is 1.88 bits per heavy atom. The van der Waals surface area contributed by atoms with E-state index in [4.69, 9.17) is 14.2 Å². The van der Waals surface area contributed by atoms with Crippen molar-refractivity contribution in [3.63, 3.8) is 0 Å². The van der Waals surface area contributed by atoms with Crippen molar-refractivity contribution in [1.82, 2.24) is 4.98 Å². The number of carbonyl (C=O) groups excluding carboxylic acids is 1. The Balaban J connectivity index is 1.72. The largest absolute Gasteiger partial charge is 0.493 e. The molecule has 0 aliphatic heterocycles. The Bertz CT molecular complexity index is 739. The summed E-state index contributed by atoms with van der Waals surface area (Å²) in [5.74, 6) is 1.10. The number of nitrogens with one attached hydrogen (secondary N) is 1. The van der Waals surface area contributed by atoms with E-state index in [1.807, 2.05) is 30.3 Å². The molecule has 0 aliphatic carbocycles. The van der Waals surface area contributed by atoms with Crippen molar-refractivity contribution >= 4 is 5.97 Å². The molecule has 26 heavy (non-hydrogen) atoms. The van der Waals surface area contributed by atoms with Crippen LogP contribution in [0.15, 0.2) is 47.4 Å². The number of benzene rings is 1. The van der Waals surface area contributed by atoms with E-state index in [0.29, 0.717) is 24.0 Å². The normalized spacial score (nSPS) is 10.6. The zero-order valence-corrected chi connectivity index (χ0v) is 15.2. The molecule has 0 atom stereocenters. The van der Waals surface area contributed by atoms with E-state index in [-0.39, 0.29) is 36.8 Å². The third kappa shape index (κ3) is 7.01. The maximum atomic E-state index is 12.0. The van der Waals surface area contributed by atoms with Crippen LogP contribution in [0, 0.1) is 5.92 Å². The van der Waals surface area contributed by atoms with E-state index >= 15 is 0 Å². The number of carbonyl (C=O) groups is 1. The van der Waals surface area contributed by atoms with E-state index in [2.05, 4.69) is 18.8 Å². The van der Waals surface area contributed by atoms with Crippen molar-refractivity contribution in [2.24, 2.45) is 5.92 Å². The molecule has 0 radical (unpaired) electrons. The molecule has 0 saturated carbocycles. The van der Waals surface area contributed by atoms with Gasteiger partial charge in [-0.15, -0.1) is 0 Å². The number of rotatable bonds is 10. The Hall–Kier alpha value is -2.76. The van der Waals surface area contributed by atoms with Crippen molar-refractivity contribution in [2.45, 2.75) is 33.3 Å². The predicted molar refractivity (Wildman–Crippen MR) is 98.4 cm³/mol. The molecule has 6 nitrogen and oxygen atoms in total. The molecule has 0 amide bonds. The molecule has 1 aromatic carbocycles. The fraction of sp³-hybridized carbons (Fsp3) is 0.400. The van der Waals surface area contributed by atoms with Gasteiger partial charge in [-0.05, 0) is 24.5 Å². The molecular formula is C20H25NO5. The minimum absolute atomic E-state index is 0.00564. The Kier molecular flexibility index (Phi) is 7.74. The zero-order valence-electron chi connectivity index (χ0n) is 15.2. The molecule has 140 valence electrons. The number of esters is 1. The van der Waals surface area contributed by atoms with Crippen LogP contribution in [0.5, 0.6) is 11.5 Å². The van der Waals surface area contributed by atoms with E-state index in [0.717, 1.165) is 6.42 Å². The maximum absolute atomic E-state index is 12.0. The van der Waals surface area contributed by atoms with Gasteiger partial charge in [0.15, 0.2) is 5.75 Å². The summed E-state index contributed by atoms with van der Waals surface area (Å²) < 4.78 is 16.0. The van der Waals surface area contributed by atoms with Crippen LogP contribution in [0.3, 0.4) is 0 Å². The first-order chi connectivity index (χ1) is 12.5. The quantitative estimate of drug-likeness (QED) is 0.659. The van der Waals surface area contributed by atoms with Crippen LogP contribution in [-0.4, -0.2) is 24.2 Å². The molecule has 0 saturated heterocycles. The fourth-order valence-corrected chi connectivity index (χ4v) is 2.10. The van der Waals surface area contributed by atoms with Crippen molar-refractivity contribution < 1.29 is 19.0 Å². The van der Waals surface area contributed by atoms with Gasteiger partial charge in [0.1, 0.15) is 12.4 Å². The summed E-state index contributed by atoms with van der Waals surface area (Å²) >= 11 is 0. The predicted octanol–water partition coefficient (Wildman–Crippen LogP) is 3.31. The van der Waals surface area contributed by atoms with Gasteiger partial charge >= 0.3 is 5.97 Å². The molecular weight excluding hydrogens is 334 g/mol. The first-order valence-electron chi connectivity index (χ1n) is 8.72. The summed E-state index contributed by atoms with van der Waals surface area (Å²) in [6.07, 6.45) is 2.52. The van der Waals surface area contributed by atoms with Gasteiger partial charge in [0.25, 0.3) is 0 Å². The lowest BCUT2D eigenvalue weighted by Crippen LogP contribution is -2.14. The van der Waals surface area contributed by atoms with Crippen LogP contribution in [0.2, 0.25) is 0 Å². The SMILES string of the molecule is CC(C)CCOc1c[nH]c(COC(=O)CCOc2ccccc2)cc1=O. The molecule has 1 aromatic heterocycles. The lowest BCUT2D eigenvalue weighted by Gasteiger charge is -2.09. The maximum Gasteiger partial charge on any atom is 0.309 e. The lowest BCUT2D eigenvalue weighted by atomic mass is 10.1. The summed E-state index contributed by atoms with van der Waals surface area (Å²) in [5, 5.41) is 0. The smallest absolute Gasteiger partial charge is 0.309 e. The fourth-order valence-electron chi connectivity index (χ4n) is 2.10. The summed E-state index contributed by atoms with van der Waals surface area (Å²) in [5.41, 5.74) is 0.287. The number of hydrogen-bond acceptors (Lipinski definition) is 5. The first kappa shape index (κ1) is 19.6. The van der Waals surface area contributed by atoms with Crippen molar-refractivity contribution in [3.8, 4) is 11.5 Å². The third-order valence-corrected chi connectivity index (χ3v) is 3.60. The number of pyridine rings is 1. The highest BCUT2D eigenvalue weighted by atomic mass is 16.5. The molecule has 0 aliphatic rings. The van der Waals surface area contributed by atoms with Gasteiger partial charge in [0.05, 0.1) is 25.3 Å². The average Bonchev–Trinajstić information content (AvgIpc) is 2.62. The van der Waals surface area contributed by atoms with Crippen molar-refractivity contribution in [3.05, 3.63) is 58.5 Å². The van der Waals surface area contributed by atoms with Gasteiger partial charge in [-0.2, -0.15) is 0 Å². The molecule has 6 heteroatoms. The van der Waals surface area contributed by atoms with Gasteiger partial charge in [-0.25, -0.2) is 0 Å². The van der Waals surface area contributed by atoms with Gasteiger partial charge in [0.2, 0.25) is 5.43 Å². The minimum Gasteiger partial charge on any atom is -0.493 e. The van der Waals surface area contributed by atoms with E-state index in [9.17, 15) is 9.59 Å². The third-order valence-electron chi connectivity index (χ3n) is 3.60. The Morgan fingerprint density at radius 1 is 1.12 bits per heavy atom. The topological polar surface area (TPSA) is 77.6 Å². The molecule has 2 rings (SSSR count). The van der Waals surface area contributed by atoms with Crippen molar-refractivity contribution in [2.75, 3.05) is 13.2 Å². The number of H-pyrrole nitrogens is 1. The summed E-state index contributed by atoms with van der Waals surface area (Å²) in [7, 11) is 0. The summed E-state index contributed by atoms with van der Waals surface area (Å²) in [4.78, 5) is 26.6. The van der Waals surface area contributed by atoms with Gasteiger partial charge in [0, 0.05) is 12.3 Å². The van der Waals surface area contributed by atoms with E-state index < -0.39 is 0 Å². The van der Waals surface area contributed by atoms with Crippen LogP contribution in [-0.2, 0) is 16.1 Å². The highest BCUT2D eigenvalue weighted by molar-refractivity contribution is 5.69. The highest BCUT2D eigenvalue weighted by Gasteiger charge is 2.07. The standard InChI is InChI=1S/C20H25NO5/c1-15(2)8-10-25-19-13-21-16(12-18(19)22)14-26-20(23)9-11-24-17-6-4-3-5-7-17/h3-7,12-13,15H,8-11,14H2,1-2H3,(H,21,22). The lowest BCUT2D eigenvalue weighted by molar-refractivity contribution is -0.145. The van der Waals surface area contributed by atoms with Crippen LogP contribution < -0.4 is 14.9 Å². The second-order valence-corrected chi connectivity index (χ2v) is 6.29. The zero-order chi connectivity index (χ0) is 18.8. The van der Waals surface area contributed by atoms with E-state index in [1.54, 1.807) is 0 Å².